The van der Waals surface area contributed by atoms with Crippen molar-refractivity contribution < 1.29 is 18.3 Å². The number of aromatic nitrogens is 1. The van der Waals surface area contributed by atoms with E-state index in [1.807, 2.05) is 6.07 Å². The Hall–Kier alpha value is -1.99. The van der Waals surface area contributed by atoms with Crippen molar-refractivity contribution in [1.29, 1.82) is 0 Å². The molecule has 1 aromatic heterocycles. The summed E-state index contributed by atoms with van der Waals surface area (Å²) in [5.74, 6) is -1.04. The minimum Gasteiger partial charge on any atom is -0.481 e. The summed E-state index contributed by atoms with van der Waals surface area (Å²) < 4.78 is 26.4. The molecule has 0 saturated heterocycles. The fourth-order valence-corrected chi connectivity index (χ4v) is 3.61. The van der Waals surface area contributed by atoms with Crippen LogP contribution < -0.4 is 0 Å². The number of hydrogen-bond donors (Lipinski definition) is 1. The van der Waals surface area contributed by atoms with Crippen LogP contribution >= 0.6 is 0 Å². The molecule has 112 valence electrons. The maximum Gasteiger partial charge on any atom is 0.304 e. The number of benzene rings is 1. The standard InChI is InChI=1S/C14H16N2O4S/c1-10-5-6-11-4-3-8-15-13(11)14(10)21(19,20)16(2)9-7-12(17)18/h3-6,8H,7,9H2,1-2H3,(H,17,18). The van der Waals surface area contributed by atoms with Crippen LogP contribution in [0.15, 0.2) is 35.4 Å². The fourth-order valence-electron chi connectivity index (χ4n) is 2.07. The van der Waals surface area contributed by atoms with Crippen molar-refractivity contribution in [3.05, 3.63) is 36.0 Å². The largest absolute Gasteiger partial charge is 0.481 e. The topological polar surface area (TPSA) is 87.6 Å². The molecule has 0 aliphatic rings. The summed E-state index contributed by atoms with van der Waals surface area (Å²) in [5, 5.41) is 9.42. The van der Waals surface area contributed by atoms with Gasteiger partial charge in [-0.25, -0.2) is 12.7 Å². The molecule has 0 radical (unpaired) electrons. The van der Waals surface area contributed by atoms with Gasteiger partial charge in [0.25, 0.3) is 0 Å². The average Bonchev–Trinajstić information content (AvgIpc) is 2.44. The van der Waals surface area contributed by atoms with E-state index in [0.29, 0.717) is 11.1 Å². The third-order valence-electron chi connectivity index (χ3n) is 3.23. The van der Waals surface area contributed by atoms with E-state index in [0.717, 1.165) is 9.69 Å². The SMILES string of the molecule is Cc1ccc2cccnc2c1S(=O)(=O)N(C)CCC(=O)O. The Morgan fingerprint density at radius 3 is 2.71 bits per heavy atom. The number of carboxylic acid groups (broad SMARTS) is 1. The summed E-state index contributed by atoms with van der Waals surface area (Å²) in [7, 11) is -2.41. The van der Waals surface area contributed by atoms with Crippen molar-refractivity contribution >= 4 is 26.9 Å². The first-order chi connectivity index (χ1) is 9.84. The predicted molar refractivity (Wildman–Crippen MR) is 78.5 cm³/mol. The van der Waals surface area contributed by atoms with Gasteiger partial charge in [-0.2, -0.15) is 0 Å². The lowest BCUT2D eigenvalue weighted by molar-refractivity contribution is -0.137. The maximum absolute atomic E-state index is 12.7. The smallest absolute Gasteiger partial charge is 0.304 e. The first-order valence-corrected chi connectivity index (χ1v) is 7.80. The third-order valence-corrected chi connectivity index (χ3v) is 5.27. The summed E-state index contributed by atoms with van der Waals surface area (Å²) in [4.78, 5) is 14.9. The quantitative estimate of drug-likeness (QED) is 0.907. The van der Waals surface area contributed by atoms with Crippen LogP contribution in [0.3, 0.4) is 0 Å². The highest BCUT2D eigenvalue weighted by Gasteiger charge is 2.26. The highest BCUT2D eigenvalue weighted by molar-refractivity contribution is 7.89. The number of pyridine rings is 1. The third kappa shape index (κ3) is 3.03. The van der Waals surface area contributed by atoms with E-state index in [4.69, 9.17) is 5.11 Å². The zero-order valence-electron chi connectivity index (χ0n) is 11.8. The first-order valence-electron chi connectivity index (χ1n) is 6.36. The van der Waals surface area contributed by atoms with Crippen molar-refractivity contribution in [2.75, 3.05) is 13.6 Å². The molecule has 1 N–H and O–H groups in total. The Morgan fingerprint density at radius 1 is 1.33 bits per heavy atom. The second-order valence-corrected chi connectivity index (χ2v) is 6.74. The molecule has 1 aromatic carbocycles. The first kappa shape index (κ1) is 15.4. The highest BCUT2D eigenvalue weighted by atomic mass is 32.2. The highest BCUT2D eigenvalue weighted by Crippen LogP contribution is 2.27. The number of rotatable bonds is 5. The minimum atomic E-state index is -3.78. The fraction of sp³-hybridized carbons (Fsp3) is 0.286. The molecule has 0 spiro atoms. The number of nitrogens with zero attached hydrogens (tertiary/aromatic N) is 2. The molecule has 0 aliphatic carbocycles. The lowest BCUT2D eigenvalue weighted by Gasteiger charge is -2.18. The van der Waals surface area contributed by atoms with Gasteiger partial charge in [0.2, 0.25) is 10.0 Å². The summed E-state index contributed by atoms with van der Waals surface area (Å²) in [6.45, 7) is 1.62. The van der Waals surface area contributed by atoms with Crippen molar-refractivity contribution in [2.45, 2.75) is 18.2 Å². The van der Waals surface area contributed by atoms with Crippen LogP contribution in [0.1, 0.15) is 12.0 Å². The molecule has 0 fully saturated rings. The van der Waals surface area contributed by atoms with E-state index in [1.165, 1.54) is 13.2 Å². The molecule has 0 amide bonds. The van der Waals surface area contributed by atoms with E-state index < -0.39 is 16.0 Å². The average molecular weight is 308 g/mol. The predicted octanol–water partition coefficient (Wildman–Crippen LogP) is 1.64. The summed E-state index contributed by atoms with van der Waals surface area (Å²) >= 11 is 0. The number of hydrogen-bond acceptors (Lipinski definition) is 4. The van der Waals surface area contributed by atoms with Gasteiger partial charge < -0.3 is 5.11 Å². The molecule has 0 aliphatic heterocycles. The van der Waals surface area contributed by atoms with Crippen LogP contribution in [-0.2, 0) is 14.8 Å². The number of carbonyl (C=O) groups is 1. The van der Waals surface area contributed by atoms with Gasteiger partial charge in [0.1, 0.15) is 4.90 Å². The summed E-state index contributed by atoms with van der Waals surface area (Å²) in [5.41, 5.74) is 0.989. The number of sulfonamides is 1. The van der Waals surface area contributed by atoms with Crippen LogP contribution in [-0.4, -0.2) is 42.4 Å². The summed E-state index contributed by atoms with van der Waals surface area (Å²) in [6.07, 6.45) is 1.30. The van der Waals surface area contributed by atoms with Gasteiger partial charge in [-0.05, 0) is 18.6 Å². The van der Waals surface area contributed by atoms with E-state index in [9.17, 15) is 13.2 Å². The lowest BCUT2D eigenvalue weighted by Crippen LogP contribution is -2.30. The van der Waals surface area contributed by atoms with Gasteiger partial charge >= 0.3 is 5.97 Å². The molecule has 0 bridgehead atoms. The number of aryl methyl sites for hydroxylation is 1. The molecule has 2 aromatic rings. The molecule has 7 heteroatoms. The minimum absolute atomic E-state index is 0.0830. The second-order valence-electron chi connectivity index (χ2n) is 4.76. The molecular weight excluding hydrogens is 292 g/mol. The van der Waals surface area contributed by atoms with Gasteiger partial charge in [-0.15, -0.1) is 0 Å². The number of carboxylic acids is 1. The molecule has 0 atom stereocenters. The molecule has 0 saturated carbocycles. The lowest BCUT2D eigenvalue weighted by atomic mass is 10.1. The van der Waals surface area contributed by atoms with Crippen LogP contribution in [0.2, 0.25) is 0 Å². The summed E-state index contributed by atoms with van der Waals surface area (Å²) in [6, 6.07) is 7.07. The van der Waals surface area contributed by atoms with Gasteiger partial charge in [0.05, 0.1) is 11.9 Å². The van der Waals surface area contributed by atoms with Gasteiger partial charge in [-0.1, -0.05) is 18.2 Å². The molecule has 0 unspecified atom stereocenters. The Labute approximate surface area is 123 Å². The van der Waals surface area contributed by atoms with Crippen molar-refractivity contribution in [1.82, 2.24) is 9.29 Å². The Kier molecular flexibility index (Phi) is 4.24. The van der Waals surface area contributed by atoms with Gasteiger partial charge in [0.15, 0.2) is 0 Å². The van der Waals surface area contributed by atoms with E-state index in [-0.39, 0.29) is 17.9 Å². The Morgan fingerprint density at radius 2 is 2.05 bits per heavy atom. The van der Waals surface area contributed by atoms with E-state index in [1.54, 1.807) is 25.1 Å². The Bertz CT molecular complexity index is 787. The van der Waals surface area contributed by atoms with Crippen molar-refractivity contribution in [3.8, 4) is 0 Å². The van der Waals surface area contributed by atoms with Crippen LogP contribution in [0.4, 0.5) is 0 Å². The zero-order valence-corrected chi connectivity index (χ0v) is 12.6. The Balaban J connectivity index is 2.54. The van der Waals surface area contributed by atoms with Crippen molar-refractivity contribution in [2.24, 2.45) is 0 Å². The zero-order chi connectivity index (χ0) is 15.6. The van der Waals surface area contributed by atoms with Gasteiger partial charge in [0, 0.05) is 25.2 Å². The molecule has 1 heterocycles. The van der Waals surface area contributed by atoms with E-state index >= 15 is 0 Å². The molecular formula is C14H16N2O4S. The van der Waals surface area contributed by atoms with Crippen LogP contribution in [0, 0.1) is 6.92 Å². The molecule has 2 rings (SSSR count). The van der Waals surface area contributed by atoms with Gasteiger partial charge in [-0.3, -0.25) is 9.78 Å². The number of fused-ring (bicyclic) bond motifs is 1. The van der Waals surface area contributed by atoms with E-state index in [2.05, 4.69) is 4.98 Å². The van der Waals surface area contributed by atoms with Crippen LogP contribution in [0.5, 0.6) is 0 Å². The monoisotopic (exact) mass is 308 g/mol. The molecule has 6 nitrogen and oxygen atoms in total. The normalized spacial score (nSPS) is 12.0. The maximum atomic E-state index is 12.7. The van der Waals surface area contributed by atoms with Crippen LogP contribution in [0.25, 0.3) is 10.9 Å². The molecule has 21 heavy (non-hydrogen) atoms. The van der Waals surface area contributed by atoms with Crippen molar-refractivity contribution in [3.63, 3.8) is 0 Å². The second kappa shape index (κ2) is 5.79. The number of aliphatic carboxylic acids is 1.